The van der Waals surface area contributed by atoms with E-state index in [2.05, 4.69) is 20.4 Å². The molecule has 1 amide bonds. The lowest BCUT2D eigenvalue weighted by molar-refractivity contribution is 0.102. The lowest BCUT2D eigenvalue weighted by Crippen LogP contribution is -2.14. The van der Waals surface area contributed by atoms with Gasteiger partial charge < -0.3 is 5.32 Å². The van der Waals surface area contributed by atoms with Crippen LogP contribution in [0.3, 0.4) is 0 Å². The minimum absolute atomic E-state index is 0.167. The van der Waals surface area contributed by atoms with Gasteiger partial charge in [0.05, 0.1) is 29.3 Å². The van der Waals surface area contributed by atoms with E-state index < -0.39 is 11.7 Å². The summed E-state index contributed by atoms with van der Waals surface area (Å²) in [5.74, 6) is -2.73. The molecule has 0 atom stereocenters. The maximum atomic E-state index is 12.6. The van der Waals surface area contributed by atoms with Gasteiger partial charge in [0.2, 0.25) is 0 Å². The van der Waals surface area contributed by atoms with Crippen LogP contribution in [-0.4, -0.2) is 31.4 Å². The third kappa shape index (κ3) is 4.05. The van der Waals surface area contributed by atoms with Gasteiger partial charge in [-0.2, -0.15) is 13.9 Å². The van der Waals surface area contributed by atoms with Crippen molar-refractivity contribution in [1.29, 1.82) is 0 Å². The molecule has 6 nitrogen and oxygen atoms in total. The second-order valence-electron chi connectivity index (χ2n) is 5.44. The van der Waals surface area contributed by atoms with Gasteiger partial charge in [-0.25, -0.2) is 14.6 Å². The van der Waals surface area contributed by atoms with Crippen molar-refractivity contribution >= 4 is 23.4 Å². The minimum Gasteiger partial charge on any atom is -0.319 e. The molecular weight excluding hydrogens is 360 g/mol. The number of nitrogens with one attached hydrogen (secondary N) is 1. The largest absolute Gasteiger partial charge is 0.319 e. The summed E-state index contributed by atoms with van der Waals surface area (Å²) in [6.07, 6.45) is 2.89. The number of amides is 1. The van der Waals surface area contributed by atoms with Crippen LogP contribution >= 0.6 is 11.8 Å². The average Bonchev–Trinajstić information content (AvgIpc) is 2.94. The highest BCUT2D eigenvalue weighted by Gasteiger charge is 2.16. The van der Waals surface area contributed by atoms with Crippen LogP contribution in [0.25, 0.3) is 5.95 Å². The zero-order chi connectivity index (χ0) is 18.7. The third-order valence-electron chi connectivity index (χ3n) is 3.44. The van der Waals surface area contributed by atoms with Crippen molar-refractivity contribution in [2.24, 2.45) is 0 Å². The number of carbonyl (C=O) groups is 1. The third-order valence-corrected chi connectivity index (χ3v) is 4.23. The maximum absolute atomic E-state index is 12.6. The first kappa shape index (κ1) is 18.0. The molecule has 0 fully saturated rings. The zero-order valence-corrected chi connectivity index (χ0v) is 14.8. The summed E-state index contributed by atoms with van der Waals surface area (Å²) in [5.41, 5.74) is 2.26. The van der Waals surface area contributed by atoms with Crippen molar-refractivity contribution in [2.75, 3.05) is 5.32 Å². The number of alkyl halides is 2. The Kier molecular flexibility index (Phi) is 5.27. The van der Waals surface area contributed by atoms with Gasteiger partial charge in [-0.15, -0.1) is 0 Å². The first-order valence-corrected chi connectivity index (χ1v) is 8.53. The van der Waals surface area contributed by atoms with E-state index in [4.69, 9.17) is 0 Å². The Balaban J connectivity index is 1.77. The molecule has 0 aliphatic carbocycles. The summed E-state index contributed by atoms with van der Waals surface area (Å²) in [6.45, 7) is 3.75. The van der Waals surface area contributed by atoms with Gasteiger partial charge in [0.15, 0.2) is 0 Å². The number of nitrogens with zero attached hydrogens (tertiary/aromatic N) is 4. The number of hydrogen-bond acceptors (Lipinski definition) is 5. The van der Waals surface area contributed by atoms with Crippen molar-refractivity contribution in [3.63, 3.8) is 0 Å². The predicted molar refractivity (Wildman–Crippen MR) is 94.9 cm³/mol. The number of rotatable bonds is 5. The Labute approximate surface area is 152 Å². The fraction of sp³-hybridized carbons (Fsp3) is 0.176. The number of aryl methyl sites for hydroxylation is 2. The molecular formula is C17H15F2N5OS. The lowest BCUT2D eigenvalue weighted by Gasteiger charge is -2.09. The van der Waals surface area contributed by atoms with Crippen LogP contribution in [0.4, 0.5) is 14.5 Å². The molecule has 134 valence electrons. The number of aromatic nitrogens is 4. The molecule has 2 aromatic heterocycles. The Morgan fingerprint density at radius 1 is 1.19 bits per heavy atom. The highest BCUT2D eigenvalue weighted by molar-refractivity contribution is 7.99. The molecule has 0 saturated carbocycles. The van der Waals surface area contributed by atoms with E-state index in [9.17, 15) is 13.6 Å². The molecule has 9 heteroatoms. The number of thioether (sulfide) groups is 1. The van der Waals surface area contributed by atoms with E-state index in [0.717, 1.165) is 11.4 Å². The smallest absolute Gasteiger partial charge is 0.288 e. The zero-order valence-electron chi connectivity index (χ0n) is 14.0. The molecule has 0 aliphatic heterocycles. The molecule has 0 saturated heterocycles. The molecule has 0 unspecified atom stereocenters. The summed E-state index contributed by atoms with van der Waals surface area (Å²) in [7, 11) is 0. The normalized spacial score (nSPS) is 11.0. The Hall–Kier alpha value is -2.81. The summed E-state index contributed by atoms with van der Waals surface area (Å²) in [4.78, 5) is 21.0. The monoisotopic (exact) mass is 375 g/mol. The number of anilines is 1. The minimum atomic E-state index is -2.60. The average molecular weight is 375 g/mol. The molecule has 2 heterocycles. The Bertz CT molecular complexity index is 927. The second-order valence-corrected chi connectivity index (χ2v) is 6.47. The van der Waals surface area contributed by atoms with Crippen molar-refractivity contribution < 1.29 is 13.6 Å². The van der Waals surface area contributed by atoms with E-state index in [-0.39, 0.29) is 10.5 Å². The molecule has 0 radical (unpaired) electrons. The van der Waals surface area contributed by atoms with Gasteiger partial charge in [-0.05, 0) is 32.0 Å². The molecule has 0 spiro atoms. The second kappa shape index (κ2) is 7.61. The van der Waals surface area contributed by atoms with E-state index in [1.807, 2.05) is 19.9 Å². The van der Waals surface area contributed by atoms with Crippen LogP contribution < -0.4 is 5.32 Å². The van der Waals surface area contributed by atoms with Crippen LogP contribution in [0.5, 0.6) is 0 Å². The quantitative estimate of drug-likeness (QED) is 0.686. The van der Waals surface area contributed by atoms with E-state index in [1.54, 1.807) is 16.8 Å². The number of benzene rings is 1. The number of hydrogen-bond donors (Lipinski definition) is 1. The van der Waals surface area contributed by atoms with Gasteiger partial charge in [-0.3, -0.25) is 4.79 Å². The Morgan fingerprint density at radius 3 is 2.50 bits per heavy atom. The molecule has 3 rings (SSSR count). The summed E-state index contributed by atoms with van der Waals surface area (Å²) < 4.78 is 26.9. The summed E-state index contributed by atoms with van der Waals surface area (Å²) in [6, 6.07) is 8.09. The highest BCUT2D eigenvalue weighted by atomic mass is 32.2. The van der Waals surface area contributed by atoms with E-state index in [1.165, 1.54) is 24.5 Å². The van der Waals surface area contributed by atoms with Crippen molar-refractivity contribution in [2.45, 2.75) is 24.5 Å². The molecule has 1 N–H and O–H groups in total. The van der Waals surface area contributed by atoms with Gasteiger partial charge in [-0.1, -0.05) is 23.9 Å². The van der Waals surface area contributed by atoms with Gasteiger partial charge in [0.25, 0.3) is 17.6 Å². The first-order valence-electron chi connectivity index (χ1n) is 7.65. The lowest BCUT2D eigenvalue weighted by atomic mass is 10.2. The van der Waals surface area contributed by atoms with Crippen LogP contribution in [0, 0.1) is 13.8 Å². The fourth-order valence-electron chi connectivity index (χ4n) is 2.38. The maximum Gasteiger partial charge on any atom is 0.288 e. The molecule has 1 aromatic carbocycles. The van der Waals surface area contributed by atoms with Crippen molar-refractivity contribution in [1.82, 2.24) is 19.7 Å². The number of halogens is 2. The predicted octanol–water partition coefficient (Wildman–Crippen LogP) is 3.85. The van der Waals surface area contributed by atoms with Crippen LogP contribution in [0.15, 0.2) is 47.6 Å². The Morgan fingerprint density at radius 2 is 1.88 bits per heavy atom. The fourth-order valence-corrected chi connectivity index (χ4v) is 3.01. The van der Waals surface area contributed by atoms with Crippen LogP contribution in [0.1, 0.15) is 21.7 Å². The van der Waals surface area contributed by atoms with Crippen LogP contribution in [-0.2, 0) is 0 Å². The first-order chi connectivity index (χ1) is 12.4. The van der Waals surface area contributed by atoms with Crippen molar-refractivity contribution in [3.8, 4) is 5.95 Å². The summed E-state index contributed by atoms with van der Waals surface area (Å²) >= 11 is 0.331. The van der Waals surface area contributed by atoms with Crippen molar-refractivity contribution in [3.05, 3.63) is 59.7 Å². The molecule has 0 bridgehead atoms. The molecule has 3 aromatic rings. The van der Waals surface area contributed by atoms with E-state index in [0.29, 0.717) is 23.4 Å². The summed E-state index contributed by atoms with van der Waals surface area (Å²) in [5, 5.41) is 6.91. The highest BCUT2D eigenvalue weighted by Crippen LogP contribution is 2.28. The van der Waals surface area contributed by atoms with Gasteiger partial charge in [0, 0.05) is 10.6 Å². The van der Waals surface area contributed by atoms with Gasteiger partial charge >= 0.3 is 0 Å². The topological polar surface area (TPSA) is 72.7 Å². The van der Waals surface area contributed by atoms with Crippen LogP contribution in [0.2, 0.25) is 0 Å². The van der Waals surface area contributed by atoms with Gasteiger partial charge in [0.1, 0.15) is 0 Å². The SMILES string of the molecule is Cc1cc(C)n(-c2ncc(NC(=O)c3ccccc3SC(F)F)cn2)n1. The standard InChI is InChI=1S/C17H15F2N5OS/c1-10-7-11(2)24(23-10)17-20-8-12(9-21-17)22-15(25)13-5-3-4-6-14(13)26-16(18)19/h3-9,16H,1-2H3,(H,22,25). The van der Waals surface area contributed by atoms with E-state index >= 15 is 0 Å². The number of carbonyl (C=O) groups excluding carboxylic acids is 1. The molecule has 26 heavy (non-hydrogen) atoms. The molecule has 0 aliphatic rings.